The van der Waals surface area contributed by atoms with Gasteiger partial charge in [0, 0.05) is 19.3 Å². The van der Waals surface area contributed by atoms with Gasteiger partial charge in [0.1, 0.15) is 13.2 Å². The minimum absolute atomic E-state index is 0.0753. The van der Waals surface area contributed by atoms with E-state index < -0.39 is 6.10 Å². The maximum Gasteiger partial charge on any atom is 0.306 e. The quantitative estimate of drug-likeness (QED) is 0.0261. The van der Waals surface area contributed by atoms with Crippen LogP contribution in [0.15, 0.2) is 85.1 Å². The number of allylic oxidation sites excluding steroid dienone is 14. The molecule has 0 fully saturated rings. The normalized spacial score (nSPS) is 12.6. The molecule has 0 saturated carbocycles. The monoisotopic (exact) mass is 1090 g/mol. The van der Waals surface area contributed by atoms with Gasteiger partial charge in [-0.3, -0.25) is 14.4 Å². The molecule has 0 heterocycles. The summed E-state index contributed by atoms with van der Waals surface area (Å²) in [5, 5.41) is 0. The Morgan fingerprint density at radius 2 is 0.500 bits per heavy atom. The predicted octanol–water partition coefficient (Wildman–Crippen LogP) is 23.1. The van der Waals surface area contributed by atoms with Crippen LogP contribution in [0.3, 0.4) is 0 Å². The number of esters is 3. The van der Waals surface area contributed by atoms with E-state index in [1.165, 1.54) is 199 Å². The molecule has 0 bridgehead atoms. The van der Waals surface area contributed by atoms with Crippen molar-refractivity contribution in [2.45, 2.75) is 341 Å². The second kappa shape index (κ2) is 66.1. The van der Waals surface area contributed by atoms with E-state index in [2.05, 4.69) is 106 Å². The van der Waals surface area contributed by atoms with Crippen LogP contribution in [0.25, 0.3) is 0 Å². The van der Waals surface area contributed by atoms with Crippen LogP contribution < -0.4 is 0 Å². The van der Waals surface area contributed by atoms with Crippen molar-refractivity contribution in [2.75, 3.05) is 13.2 Å². The van der Waals surface area contributed by atoms with Crippen molar-refractivity contribution in [1.29, 1.82) is 0 Å². The molecule has 0 amide bonds. The molecular weight excluding hydrogens is 961 g/mol. The Kier molecular flexibility index (Phi) is 63.2. The van der Waals surface area contributed by atoms with Crippen LogP contribution in [-0.2, 0) is 28.6 Å². The minimum atomic E-state index is -0.777. The maximum absolute atomic E-state index is 12.9. The molecule has 0 spiro atoms. The van der Waals surface area contributed by atoms with E-state index in [9.17, 15) is 14.4 Å². The molecule has 6 nitrogen and oxygen atoms in total. The minimum Gasteiger partial charge on any atom is -0.462 e. The molecule has 450 valence electrons. The smallest absolute Gasteiger partial charge is 0.306 e. The summed E-state index contributed by atoms with van der Waals surface area (Å²) in [4.78, 5) is 38.2. The van der Waals surface area contributed by atoms with Crippen LogP contribution in [0, 0.1) is 0 Å². The topological polar surface area (TPSA) is 78.9 Å². The Bertz CT molecular complexity index is 1480. The molecule has 0 aromatic carbocycles. The third kappa shape index (κ3) is 63.4. The fraction of sp³-hybridized carbons (Fsp3) is 0.764. The van der Waals surface area contributed by atoms with E-state index in [1.54, 1.807) is 0 Å². The van der Waals surface area contributed by atoms with Crippen LogP contribution in [0.5, 0.6) is 0 Å². The molecule has 0 aliphatic heterocycles. The lowest BCUT2D eigenvalue weighted by Gasteiger charge is -2.18. The van der Waals surface area contributed by atoms with Crippen molar-refractivity contribution < 1.29 is 28.6 Å². The van der Waals surface area contributed by atoms with Crippen LogP contribution in [0.4, 0.5) is 0 Å². The molecule has 0 N–H and O–H groups in total. The van der Waals surface area contributed by atoms with Crippen LogP contribution in [0.1, 0.15) is 335 Å². The average molecular weight is 1090 g/mol. The van der Waals surface area contributed by atoms with Gasteiger partial charge in [0.2, 0.25) is 0 Å². The number of rotatable bonds is 61. The molecule has 0 radical (unpaired) electrons. The van der Waals surface area contributed by atoms with Crippen molar-refractivity contribution in [1.82, 2.24) is 0 Å². The average Bonchev–Trinajstić information content (AvgIpc) is 3.44. The summed E-state index contributed by atoms with van der Waals surface area (Å²) in [5.41, 5.74) is 0. The Labute approximate surface area is 484 Å². The molecule has 6 heteroatoms. The summed E-state index contributed by atoms with van der Waals surface area (Å²) in [6.07, 6.45) is 87.6. The lowest BCUT2D eigenvalue weighted by Crippen LogP contribution is -2.30. The number of carbonyl (C=O) groups excluding carboxylic acids is 3. The first kappa shape index (κ1) is 74.6. The fourth-order valence-corrected chi connectivity index (χ4v) is 9.62. The predicted molar refractivity (Wildman–Crippen MR) is 339 cm³/mol. The van der Waals surface area contributed by atoms with Gasteiger partial charge in [0.25, 0.3) is 0 Å². The molecule has 78 heavy (non-hydrogen) atoms. The zero-order chi connectivity index (χ0) is 56.4. The van der Waals surface area contributed by atoms with Gasteiger partial charge in [-0.1, -0.05) is 305 Å². The van der Waals surface area contributed by atoms with Crippen molar-refractivity contribution in [3.05, 3.63) is 85.1 Å². The van der Waals surface area contributed by atoms with Gasteiger partial charge in [-0.25, -0.2) is 0 Å². The van der Waals surface area contributed by atoms with E-state index >= 15 is 0 Å². The van der Waals surface area contributed by atoms with Crippen molar-refractivity contribution in [2.24, 2.45) is 0 Å². The fourth-order valence-electron chi connectivity index (χ4n) is 9.62. The van der Waals surface area contributed by atoms with Crippen molar-refractivity contribution in [3.63, 3.8) is 0 Å². The summed E-state index contributed by atoms with van der Waals surface area (Å²) in [7, 11) is 0. The van der Waals surface area contributed by atoms with E-state index in [-0.39, 0.29) is 31.1 Å². The molecule has 0 rings (SSSR count). The van der Waals surface area contributed by atoms with Gasteiger partial charge in [0.05, 0.1) is 0 Å². The summed E-state index contributed by atoms with van der Waals surface area (Å²) in [5.74, 6) is -0.871. The van der Waals surface area contributed by atoms with Gasteiger partial charge in [0.15, 0.2) is 6.10 Å². The van der Waals surface area contributed by atoms with Crippen LogP contribution in [-0.4, -0.2) is 37.2 Å². The van der Waals surface area contributed by atoms with E-state index in [0.717, 1.165) is 96.3 Å². The molecule has 0 saturated heterocycles. The van der Waals surface area contributed by atoms with E-state index in [0.29, 0.717) is 19.3 Å². The lowest BCUT2D eigenvalue weighted by molar-refractivity contribution is -0.167. The highest BCUT2D eigenvalue weighted by molar-refractivity contribution is 5.71. The number of hydrogen-bond acceptors (Lipinski definition) is 6. The number of unbranched alkanes of at least 4 members (excludes halogenated alkanes) is 36. The zero-order valence-corrected chi connectivity index (χ0v) is 51.7. The largest absolute Gasteiger partial charge is 0.462 e. The number of carbonyl (C=O) groups is 3. The summed E-state index contributed by atoms with van der Waals surface area (Å²) < 4.78 is 16.9. The standard InChI is InChI=1S/C72H126O6/c1-4-7-10-13-16-19-21-23-25-27-29-31-33-34-35-36-37-38-40-41-43-45-47-49-51-53-56-59-62-65-71(74)77-68-69(67-76-70(73)64-61-58-55-18-15-12-9-6-3)78-72(75)66-63-60-57-54-52-50-48-46-44-42-39-32-30-28-26-24-22-20-17-14-11-8-5-2/h8,11,17,20-21,23-24,26-27,29-30,32-34,69H,4-7,9-10,12-16,18-19,22,25,28,31,35-68H2,1-3H3/b11-8-,20-17-,23-21-,26-24-,29-27-,32-30-,34-33-. The van der Waals surface area contributed by atoms with Gasteiger partial charge in [-0.05, 0) is 96.3 Å². The maximum atomic E-state index is 12.9. The first-order valence-corrected chi connectivity index (χ1v) is 33.6. The molecular formula is C72H126O6. The molecule has 0 aliphatic rings. The first-order chi connectivity index (χ1) is 38.5. The van der Waals surface area contributed by atoms with Gasteiger partial charge in [-0.15, -0.1) is 0 Å². The van der Waals surface area contributed by atoms with Gasteiger partial charge >= 0.3 is 17.9 Å². The van der Waals surface area contributed by atoms with Crippen molar-refractivity contribution in [3.8, 4) is 0 Å². The Morgan fingerprint density at radius 3 is 0.782 bits per heavy atom. The van der Waals surface area contributed by atoms with Gasteiger partial charge in [-0.2, -0.15) is 0 Å². The number of ether oxygens (including phenoxy) is 3. The molecule has 1 atom stereocenters. The second-order valence-corrected chi connectivity index (χ2v) is 22.4. The Hall–Kier alpha value is -3.41. The zero-order valence-electron chi connectivity index (χ0n) is 51.7. The lowest BCUT2D eigenvalue weighted by atomic mass is 10.0. The number of hydrogen-bond donors (Lipinski definition) is 0. The molecule has 0 aromatic rings. The van der Waals surface area contributed by atoms with E-state index in [1.807, 2.05) is 0 Å². The SMILES string of the molecule is CC/C=C\C/C=C\C/C=C\C/C=C\CCCCCCCCCCCCC(=O)OC(COC(=O)CCCCCCCCCC)COC(=O)CCCCCCCCCCCCCCCC/C=C\C/C=C\C/C=C\CCCCCCC. The summed E-state index contributed by atoms with van der Waals surface area (Å²) in [6, 6.07) is 0. The van der Waals surface area contributed by atoms with Gasteiger partial charge < -0.3 is 14.2 Å². The molecule has 0 aliphatic carbocycles. The summed E-state index contributed by atoms with van der Waals surface area (Å²) in [6.45, 7) is 6.52. The molecule has 1 unspecified atom stereocenters. The third-order valence-electron chi connectivity index (χ3n) is 14.6. The summed E-state index contributed by atoms with van der Waals surface area (Å²) >= 11 is 0. The highest BCUT2D eigenvalue weighted by atomic mass is 16.6. The Balaban J connectivity index is 4.13. The third-order valence-corrected chi connectivity index (χ3v) is 14.6. The Morgan fingerprint density at radius 1 is 0.269 bits per heavy atom. The van der Waals surface area contributed by atoms with Crippen LogP contribution >= 0.6 is 0 Å². The van der Waals surface area contributed by atoms with Crippen molar-refractivity contribution >= 4 is 17.9 Å². The highest BCUT2D eigenvalue weighted by Crippen LogP contribution is 2.17. The van der Waals surface area contributed by atoms with E-state index in [4.69, 9.17) is 14.2 Å². The highest BCUT2D eigenvalue weighted by Gasteiger charge is 2.19. The first-order valence-electron chi connectivity index (χ1n) is 33.6. The van der Waals surface area contributed by atoms with Crippen LogP contribution in [0.2, 0.25) is 0 Å². The second-order valence-electron chi connectivity index (χ2n) is 22.4. The molecule has 0 aromatic heterocycles.